The highest BCUT2D eigenvalue weighted by molar-refractivity contribution is 5.89. The van der Waals surface area contributed by atoms with E-state index >= 15 is 0 Å². The molecule has 4 atom stereocenters. The molecule has 0 bridgehead atoms. The zero-order valence-corrected chi connectivity index (χ0v) is 11.7. The van der Waals surface area contributed by atoms with Crippen LogP contribution < -0.4 is 5.32 Å². The molecule has 1 saturated carbocycles. The highest BCUT2D eigenvalue weighted by atomic mass is 16.5. The van der Waals surface area contributed by atoms with Gasteiger partial charge in [-0.1, -0.05) is 30.3 Å². The molecule has 1 aromatic carbocycles. The van der Waals surface area contributed by atoms with Crippen LogP contribution in [0.25, 0.3) is 0 Å². The first-order valence-electron chi connectivity index (χ1n) is 7.34. The Kier molecular flexibility index (Phi) is 3.92. The number of benzene rings is 1. The first-order valence-corrected chi connectivity index (χ1v) is 7.34. The molecule has 112 valence electrons. The van der Waals surface area contributed by atoms with Gasteiger partial charge in [0.05, 0.1) is 17.9 Å². The van der Waals surface area contributed by atoms with E-state index < -0.39 is 11.9 Å². The maximum atomic E-state index is 11.9. The summed E-state index contributed by atoms with van der Waals surface area (Å²) >= 11 is 0. The zero-order chi connectivity index (χ0) is 14.8. The van der Waals surface area contributed by atoms with E-state index in [-0.39, 0.29) is 23.8 Å². The van der Waals surface area contributed by atoms with Gasteiger partial charge in [-0.3, -0.25) is 9.59 Å². The number of aliphatic carboxylic acids is 1. The van der Waals surface area contributed by atoms with E-state index in [4.69, 9.17) is 9.84 Å². The largest absolute Gasteiger partial charge is 0.481 e. The van der Waals surface area contributed by atoms with Gasteiger partial charge >= 0.3 is 5.97 Å². The van der Waals surface area contributed by atoms with Crippen LogP contribution in [0.15, 0.2) is 30.3 Å². The Hall–Kier alpha value is -1.88. The lowest BCUT2D eigenvalue weighted by Gasteiger charge is -2.19. The van der Waals surface area contributed by atoms with Gasteiger partial charge in [0.15, 0.2) is 0 Å². The summed E-state index contributed by atoms with van der Waals surface area (Å²) in [5, 5.41) is 11.7. The van der Waals surface area contributed by atoms with Crippen molar-refractivity contribution in [2.75, 3.05) is 13.2 Å². The summed E-state index contributed by atoms with van der Waals surface area (Å²) in [6.07, 6.45) is 1.39. The van der Waals surface area contributed by atoms with E-state index in [2.05, 4.69) is 5.32 Å². The topological polar surface area (TPSA) is 75.6 Å². The number of carboxylic acid groups (broad SMARTS) is 1. The van der Waals surface area contributed by atoms with Crippen molar-refractivity contribution in [3.05, 3.63) is 35.9 Å². The number of amides is 1. The van der Waals surface area contributed by atoms with E-state index in [0.717, 1.165) is 12.0 Å². The van der Waals surface area contributed by atoms with Crippen molar-refractivity contribution in [3.8, 4) is 0 Å². The van der Waals surface area contributed by atoms with Crippen molar-refractivity contribution in [1.29, 1.82) is 0 Å². The average molecular weight is 289 g/mol. The van der Waals surface area contributed by atoms with Gasteiger partial charge in [-0.2, -0.15) is 0 Å². The van der Waals surface area contributed by atoms with E-state index in [1.54, 1.807) is 0 Å². The molecule has 1 amide bonds. The van der Waals surface area contributed by atoms with Crippen molar-refractivity contribution < 1.29 is 19.4 Å². The first kappa shape index (κ1) is 14.1. The Morgan fingerprint density at radius 1 is 1.24 bits per heavy atom. The molecule has 1 aliphatic carbocycles. The molecular formula is C16H19NO4. The number of nitrogens with one attached hydrogen (secondary N) is 1. The highest BCUT2D eigenvalue weighted by Crippen LogP contribution is 2.39. The van der Waals surface area contributed by atoms with Crippen molar-refractivity contribution in [3.63, 3.8) is 0 Å². The van der Waals surface area contributed by atoms with Crippen molar-refractivity contribution in [2.24, 2.45) is 17.8 Å². The van der Waals surface area contributed by atoms with Crippen molar-refractivity contribution in [2.45, 2.75) is 18.9 Å². The summed E-state index contributed by atoms with van der Waals surface area (Å²) < 4.78 is 5.77. The monoisotopic (exact) mass is 289 g/mol. The number of carboxylic acids is 1. The molecule has 0 spiro atoms. The van der Waals surface area contributed by atoms with Crippen LogP contribution in [0.3, 0.4) is 0 Å². The Morgan fingerprint density at radius 2 is 2.00 bits per heavy atom. The molecule has 0 aromatic heterocycles. The SMILES string of the molecule is O=C(O)C1CC1C(=O)NC[C@@H]1CCO[C@H]1c1ccccc1. The van der Waals surface area contributed by atoms with Gasteiger partial charge in [-0.15, -0.1) is 0 Å². The Labute approximate surface area is 123 Å². The van der Waals surface area contributed by atoms with Crippen LogP contribution >= 0.6 is 0 Å². The number of carbonyl (C=O) groups excluding carboxylic acids is 1. The number of rotatable bonds is 5. The van der Waals surface area contributed by atoms with E-state index in [9.17, 15) is 9.59 Å². The Bertz CT molecular complexity index is 530. The minimum Gasteiger partial charge on any atom is -0.481 e. The molecule has 1 aliphatic heterocycles. The molecule has 5 nitrogen and oxygen atoms in total. The maximum absolute atomic E-state index is 11.9. The third-order valence-corrected chi connectivity index (χ3v) is 4.33. The molecule has 2 aliphatic rings. The lowest BCUT2D eigenvalue weighted by molar-refractivity contribution is -0.140. The lowest BCUT2D eigenvalue weighted by Crippen LogP contribution is -2.32. The fraction of sp³-hybridized carbons (Fsp3) is 0.500. The first-order chi connectivity index (χ1) is 10.2. The summed E-state index contributed by atoms with van der Waals surface area (Å²) in [6.45, 7) is 1.24. The predicted octanol–water partition coefficient (Wildman–Crippen LogP) is 1.60. The Morgan fingerprint density at radius 3 is 2.67 bits per heavy atom. The van der Waals surface area contributed by atoms with Gasteiger partial charge in [0.1, 0.15) is 0 Å². The molecule has 1 heterocycles. The third kappa shape index (κ3) is 3.08. The summed E-state index contributed by atoms with van der Waals surface area (Å²) in [5.41, 5.74) is 1.13. The fourth-order valence-corrected chi connectivity index (χ4v) is 2.97. The number of carbonyl (C=O) groups is 2. The number of hydrogen-bond donors (Lipinski definition) is 2. The van der Waals surface area contributed by atoms with E-state index in [1.165, 1.54) is 0 Å². The second-order valence-corrected chi connectivity index (χ2v) is 5.78. The van der Waals surface area contributed by atoms with Crippen LogP contribution in [0.2, 0.25) is 0 Å². The van der Waals surface area contributed by atoms with Crippen LogP contribution in [0.1, 0.15) is 24.5 Å². The standard InChI is InChI=1S/C16H19NO4/c18-15(12-8-13(12)16(19)20)17-9-11-6-7-21-14(11)10-4-2-1-3-5-10/h1-5,11-14H,6-9H2,(H,17,18)(H,19,20)/t11-,12?,13?,14-/m0/s1. The van der Waals surface area contributed by atoms with E-state index in [1.807, 2.05) is 30.3 Å². The molecule has 21 heavy (non-hydrogen) atoms. The lowest BCUT2D eigenvalue weighted by atomic mass is 9.95. The average Bonchev–Trinajstić information content (AvgIpc) is 3.17. The molecule has 2 N–H and O–H groups in total. The van der Waals surface area contributed by atoms with Gasteiger partial charge in [0.2, 0.25) is 5.91 Å². The Balaban J connectivity index is 1.53. The van der Waals surface area contributed by atoms with Gasteiger partial charge in [-0.05, 0) is 18.4 Å². The van der Waals surface area contributed by atoms with Crippen molar-refractivity contribution >= 4 is 11.9 Å². The van der Waals surface area contributed by atoms with Crippen LogP contribution in [0.4, 0.5) is 0 Å². The maximum Gasteiger partial charge on any atom is 0.307 e. The van der Waals surface area contributed by atoms with Crippen LogP contribution in [0.5, 0.6) is 0 Å². The molecule has 5 heteroatoms. The van der Waals surface area contributed by atoms with E-state index in [0.29, 0.717) is 19.6 Å². The molecule has 1 aromatic rings. The zero-order valence-electron chi connectivity index (χ0n) is 11.7. The smallest absolute Gasteiger partial charge is 0.307 e. The summed E-state index contributed by atoms with van der Waals surface area (Å²) in [6, 6.07) is 10.00. The van der Waals surface area contributed by atoms with Gasteiger partial charge in [0, 0.05) is 19.1 Å². The number of ether oxygens (including phenoxy) is 1. The minimum absolute atomic E-state index is 0.0148. The normalized spacial score (nSPS) is 30.9. The fourth-order valence-electron chi connectivity index (χ4n) is 2.97. The third-order valence-electron chi connectivity index (χ3n) is 4.33. The molecule has 0 radical (unpaired) electrons. The summed E-state index contributed by atoms with van der Waals surface area (Å²) in [7, 11) is 0. The quantitative estimate of drug-likeness (QED) is 0.863. The minimum atomic E-state index is -0.874. The second-order valence-electron chi connectivity index (χ2n) is 5.78. The van der Waals surface area contributed by atoms with Crippen LogP contribution in [-0.4, -0.2) is 30.1 Å². The van der Waals surface area contributed by atoms with Gasteiger partial charge in [-0.25, -0.2) is 0 Å². The molecule has 1 saturated heterocycles. The van der Waals surface area contributed by atoms with Gasteiger partial charge < -0.3 is 15.2 Å². The number of hydrogen-bond acceptors (Lipinski definition) is 3. The molecule has 2 unspecified atom stereocenters. The molecule has 2 fully saturated rings. The summed E-state index contributed by atoms with van der Waals surface area (Å²) in [5.74, 6) is -1.60. The summed E-state index contributed by atoms with van der Waals surface area (Å²) in [4.78, 5) is 22.7. The van der Waals surface area contributed by atoms with Crippen LogP contribution in [0, 0.1) is 17.8 Å². The highest BCUT2D eigenvalue weighted by Gasteiger charge is 2.48. The van der Waals surface area contributed by atoms with Crippen molar-refractivity contribution in [1.82, 2.24) is 5.32 Å². The molecular weight excluding hydrogens is 270 g/mol. The molecule has 3 rings (SSSR count). The van der Waals surface area contributed by atoms with Gasteiger partial charge in [0.25, 0.3) is 0 Å². The van der Waals surface area contributed by atoms with Crippen LogP contribution in [-0.2, 0) is 14.3 Å². The predicted molar refractivity (Wildman–Crippen MR) is 75.5 cm³/mol. The second kappa shape index (κ2) is 5.85.